The second-order valence-electron chi connectivity index (χ2n) is 6.94. The Morgan fingerprint density at radius 3 is 2.86 bits per heavy atom. The molecule has 3 atom stereocenters. The lowest BCUT2D eigenvalue weighted by Gasteiger charge is -2.49. The zero-order valence-corrected chi connectivity index (χ0v) is 13.0. The van der Waals surface area contributed by atoms with Crippen molar-refractivity contribution < 1.29 is 5.11 Å². The molecule has 0 saturated heterocycles. The van der Waals surface area contributed by atoms with Gasteiger partial charge in [-0.15, -0.1) is 0 Å². The van der Waals surface area contributed by atoms with Crippen molar-refractivity contribution in [2.75, 3.05) is 5.32 Å². The van der Waals surface area contributed by atoms with Crippen LogP contribution in [0.1, 0.15) is 44.9 Å². The minimum Gasteiger partial charge on any atom is -0.387 e. The molecule has 0 unspecified atom stereocenters. The molecule has 4 rings (SSSR count). The van der Waals surface area contributed by atoms with E-state index in [2.05, 4.69) is 28.5 Å². The summed E-state index contributed by atoms with van der Waals surface area (Å²) in [5, 5.41) is 17.2. The maximum absolute atomic E-state index is 11.3. The summed E-state index contributed by atoms with van der Waals surface area (Å²) in [6.45, 7) is 0. The standard InChI is InChI=1S/C19H24N2O/c22-19-12-4-3-7-15(19)8-5-10-17(19)21-18-16-9-2-1-6-14(16)11-13-20-18/h1-2,6,9,11,13,15,17,22H,3-5,7-8,10,12H2,(H,20,21)/t15-,17-,19-/m1/s1. The number of nitrogens with zero attached hydrogens (tertiary/aromatic N) is 1. The van der Waals surface area contributed by atoms with Gasteiger partial charge in [0.2, 0.25) is 0 Å². The summed E-state index contributed by atoms with van der Waals surface area (Å²) >= 11 is 0. The normalized spacial score (nSPS) is 31.7. The largest absolute Gasteiger partial charge is 0.387 e. The number of hydrogen-bond acceptors (Lipinski definition) is 3. The van der Waals surface area contributed by atoms with Crippen molar-refractivity contribution in [3.05, 3.63) is 36.5 Å². The third-order valence-corrected chi connectivity index (χ3v) is 5.72. The summed E-state index contributed by atoms with van der Waals surface area (Å²) in [5.41, 5.74) is -0.547. The number of aliphatic hydroxyl groups is 1. The Hall–Kier alpha value is -1.61. The highest BCUT2D eigenvalue weighted by molar-refractivity contribution is 5.91. The molecule has 0 radical (unpaired) electrons. The molecule has 0 spiro atoms. The average Bonchev–Trinajstić information content (AvgIpc) is 2.56. The predicted octanol–water partition coefficient (Wildman–Crippen LogP) is 4.12. The summed E-state index contributed by atoms with van der Waals surface area (Å²) in [6.07, 6.45) is 9.80. The van der Waals surface area contributed by atoms with Gasteiger partial charge >= 0.3 is 0 Å². The molecular formula is C19H24N2O. The molecule has 2 fully saturated rings. The molecule has 2 N–H and O–H groups in total. The first kappa shape index (κ1) is 14.0. The maximum Gasteiger partial charge on any atom is 0.134 e. The molecule has 1 aromatic carbocycles. The molecule has 3 heteroatoms. The van der Waals surface area contributed by atoms with E-state index >= 15 is 0 Å². The second kappa shape index (κ2) is 5.54. The minimum atomic E-state index is -0.547. The summed E-state index contributed by atoms with van der Waals surface area (Å²) < 4.78 is 0. The van der Waals surface area contributed by atoms with Crippen molar-refractivity contribution >= 4 is 16.6 Å². The Morgan fingerprint density at radius 2 is 1.91 bits per heavy atom. The summed E-state index contributed by atoms with van der Waals surface area (Å²) in [4.78, 5) is 4.55. The number of nitrogens with one attached hydrogen (secondary N) is 1. The van der Waals surface area contributed by atoms with Crippen molar-refractivity contribution in [1.82, 2.24) is 4.98 Å². The van der Waals surface area contributed by atoms with Crippen molar-refractivity contribution in [2.45, 2.75) is 56.6 Å². The molecule has 2 saturated carbocycles. The molecular weight excluding hydrogens is 272 g/mol. The zero-order valence-electron chi connectivity index (χ0n) is 13.0. The third kappa shape index (κ3) is 2.28. The number of benzene rings is 1. The zero-order chi connectivity index (χ0) is 15.0. The van der Waals surface area contributed by atoms with Gasteiger partial charge in [0.1, 0.15) is 5.82 Å². The van der Waals surface area contributed by atoms with Crippen LogP contribution in [0, 0.1) is 5.92 Å². The molecule has 3 nitrogen and oxygen atoms in total. The van der Waals surface area contributed by atoms with Gasteiger partial charge in [-0.3, -0.25) is 0 Å². The van der Waals surface area contributed by atoms with Crippen molar-refractivity contribution in [2.24, 2.45) is 5.92 Å². The van der Waals surface area contributed by atoms with Gasteiger partial charge in [0.25, 0.3) is 0 Å². The van der Waals surface area contributed by atoms with Crippen LogP contribution in [0.2, 0.25) is 0 Å². The van der Waals surface area contributed by atoms with Crippen molar-refractivity contribution in [1.29, 1.82) is 0 Å². The van der Waals surface area contributed by atoms with Crippen LogP contribution in [-0.2, 0) is 0 Å². The minimum absolute atomic E-state index is 0.129. The number of rotatable bonds is 2. The lowest BCUT2D eigenvalue weighted by Crippen LogP contribution is -2.56. The van der Waals surface area contributed by atoms with Crippen LogP contribution in [0.4, 0.5) is 5.82 Å². The first-order chi connectivity index (χ1) is 10.8. The highest BCUT2D eigenvalue weighted by atomic mass is 16.3. The van der Waals surface area contributed by atoms with Crippen LogP contribution >= 0.6 is 0 Å². The fourth-order valence-corrected chi connectivity index (χ4v) is 4.52. The Labute approximate surface area is 131 Å². The number of fused-ring (bicyclic) bond motifs is 2. The van der Waals surface area contributed by atoms with Crippen LogP contribution in [0.3, 0.4) is 0 Å². The SMILES string of the molecule is O[C@]12CCCC[C@@H]1CCC[C@H]2Nc1nccc2ccccc12. The molecule has 0 aliphatic heterocycles. The van der Waals surface area contributed by atoms with Gasteiger partial charge in [-0.25, -0.2) is 4.98 Å². The van der Waals surface area contributed by atoms with Gasteiger partial charge in [-0.2, -0.15) is 0 Å². The average molecular weight is 296 g/mol. The van der Waals surface area contributed by atoms with E-state index in [-0.39, 0.29) is 6.04 Å². The molecule has 2 aliphatic rings. The highest BCUT2D eigenvalue weighted by Gasteiger charge is 2.47. The second-order valence-corrected chi connectivity index (χ2v) is 6.94. The van der Waals surface area contributed by atoms with Crippen LogP contribution < -0.4 is 5.32 Å². The van der Waals surface area contributed by atoms with Crippen molar-refractivity contribution in [3.63, 3.8) is 0 Å². The lowest BCUT2D eigenvalue weighted by molar-refractivity contribution is -0.0835. The van der Waals surface area contributed by atoms with E-state index < -0.39 is 5.60 Å². The number of anilines is 1. The molecule has 0 amide bonds. The molecule has 116 valence electrons. The Balaban J connectivity index is 1.66. The van der Waals surface area contributed by atoms with E-state index in [0.29, 0.717) is 5.92 Å². The maximum atomic E-state index is 11.3. The molecule has 1 aromatic heterocycles. The Morgan fingerprint density at radius 1 is 1.05 bits per heavy atom. The smallest absolute Gasteiger partial charge is 0.134 e. The lowest BCUT2D eigenvalue weighted by atomic mass is 9.65. The summed E-state index contributed by atoms with van der Waals surface area (Å²) in [5.74, 6) is 1.38. The van der Waals surface area contributed by atoms with E-state index in [1.54, 1.807) is 0 Å². The molecule has 0 bridgehead atoms. The predicted molar refractivity (Wildman–Crippen MR) is 89.9 cm³/mol. The van der Waals surface area contributed by atoms with Gasteiger partial charge < -0.3 is 10.4 Å². The van der Waals surface area contributed by atoms with Crippen molar-refractivity contribution in [3.8, 4) is 0 Å². The quantitative estimate of drug-likeness (QED) is 0.876. The number of hydrogen-bond donors (Lipinski definition) is 2. The van der Waals surface area contributed by atoms with E-state index in [1.165, 1.54) is 31.1 Å². The van der Waals surface area contributed by atoms with Gasteiger partial charge in [-0.05, 0) is 43.1 Å². The van der Waals surface area contributed by atoms with E-state index in [4.69, 9.17) is 0 Å². The molecule has 22 heavy (non-hydrogen) atoms. The van der Waals surface area contributed by atoms with Gasteiger partial charge in [0.15, 0.2) is 0 Å². The third-order valence-electron chi connectivity index (χ3n) is 5.72. The van der Waals surface area contributed by atoms with E-state index in [0.717, 1.165) is 30.5 Å². The Kier molecular flexibility index (Phi) is 3.53. The monoisotopic (exact) mass is 296 g/mol. The van der Waals surface area contributed by atoms with E-state index in [1.807, 2.05) is 18.3 Å². The Bertz CT molecular complexity index is 664. The van der Waals surface area contributed by atoms with Gasteiger partial charge in [0, 0.05) is 11.6 Å². The van der Waals surface area contributed by atoms with Gasteiger partial charge in [0.05, 0.1) is 11.6 Å². The summed E-state index contributed by atoms with van der Waals surface area (Å²) in [6, 6.07) is 10.5. The van der Waals surface area contributed by atoms with Crippen LogP contribution in [-0.4, -0.2) is 21.7 Å². The molecule has 2 aliphatic carbocycles. The summed E-state index contributed by atoms with van der Waals surface area (Å²) in [7, 11) is 0. The van der Waals surface area contributed by atoms with Crippen LogP contribution in [0.5, 0.6) is 0 Å². The fourth-order valence-electron chi connectivity index (χ4n) is 4.52. The topological polar surface area (TPSA) is 45.1 Å². The first-order valence-electron chi connectivity index (χ1n) is 8.60. The van der Waals surface area contributed by atoms with Crippen LogP contribution in [0.25, 0.3) is 10.8 Å². The first-order valence-corrected chi connectivity index (χ1v) is 8.60. The highest BCUT2D eigenvalue weighted by Crippen LogP contribution is 2.45. The molecule has 1 heterocycles. The fraction of sp³-hybridized carbons (Fsp3) is 0.526. The van der Waals surface area contributed by atoms with Gasteiger partial charge in [-0.1, -0.05) is 43.5 Å². The molecule has 2 aromatic rings. The number of aromatic nitrogens is 1. The number of pyridine rings is 1. The van der Waals surface area contributed by atoms with E-state index in [9.17, 15) is 5.11 Å². The van der Waals surface area contributed by atoms with Crippen LogP contribution in [0.15, 0.2) is 36.5 Å².